The zero-order chi connectivity index (χ0) is 22.7. The summed E-state index contributed by atoms with van der Waals surface area (Å²) < 4.78 is 0. The van der Waals surface area contributed by atoms with Crippen LogP contribution in [-0.4, -0.2) is 64.7 Å². The fraction of sp³-hybridized carbons (Fsp3) is 0.474. The number of benzene rings is 1. The number of hydrogen-bond donors (Lipinski definition) is 7. The molecule has 0 fully saturated rings. The van der Waals surface area contributed by atoms with Crippen molar-refractivity contribution in [2.75, 3.05) is 6.54 Å². The number of carbonyl (C=O) groups is 3. The van der Waals surface area contributed by atoms with Crippen molar-refractivity contribution < 1.29 is 24.6 Å². The lowest BCUT2D eigenvalue weighted by atomic mass is 10.0. The van der Waals surface area contributed by atoms with Crippen LogP contribution >= 0.6 is 0 Å². The second-order valence-electron chi connectivity index (χ2n) is 6.87. The first-order chi connectivity index (χ1) is 14.1. The van der Waals surface area contributed by atoms with Crippen LogP contribution < -0.4 is 27.8 Å². The molecule has 0 bridgehead atoms. The Balaban J connectivity index is 2.82. The summed E-state index contributed by atoms with van der Waals surface area (Å²) in [6, 6.07) is 5.63. The molecular formula is C19H30N6O5. The number of hydrogen-bond acceptors (Lipinski definition) is 6. The van der Waals surface area contributed by atoms with Crippen LogP contribution in [0, 0.1) is 0 Å². The van der Waals surface area contributed by atoms with E-state index in [2.05, 4.69) is 15.6 Å². The second-order valence-corrected chi connectivity index (χ2v) is 6.87. The number of aliphatic imine (C=N–C) groups is 1. The Kier molecular flexibility index (Phi) is 10.3. The molecule has 30 heavy (non-hydrogen) atoms. The summed E-state index contributed by atoms with van der Waals surface area (Å²) in [5.41, 5.74) is 17.3. The van der Waals surface area contributed by atoms with Gasteiger partial charge in [-0.3, -0.25) is 14.6 Å². The first-order valence-electron chi connectivity index (χ1n) is 9.48. The minimum atomic E-state index is -1.52. The van der Waals surface area contributed by atoms with E-state index in [0.29, 0.717) is 6.42 Å². The van der Waals surface area contributed by atoms with E-state index >= 15 is 0 Å². The lowest BCUT2D eigenvalue weighted by Gasteiger charge is -2.24. The second kappa shape index (κ2) is 12.4. The lowest BCUT2D eigenvalue weighted by Crippen LogP contribution is -2.56. The van der Waals surface area contributed by atoms with Gasteiger partial charge in [-0.25, -0.2) is 4.79 Å². The Morgan fingerprint density at radius 2 is 1.73 bits per heavy atom. The molecule has 11 nitrogen and oxygen atoms in total. The van der Waals surface area contributed by atoms with Crippen molar-refractivity contribution in [1.29, 1.82) is 0 Å². The maximum Gasteiger partial charge on any atom is 0.328 e. The number of guanidine groups is 1. The van der Waals surface area contributed by atoms with Crippen LogP contribution in [0.3, 0.4) is 0 Å². The lowest BCUT2D eigenvalue weighted by molar-refractivity contribution is -0.145. The van der Waals surface area contributed by atoms with Crippen molar-refractivity contribution in [2.45, 2.75) is 50.4 Å². The third-order valence-electron chi connectivity index (χ3n) is 4.26. The Bertz CT molecular complexity index is 736. The van der Waals surface area contributed by atoms with Gasteiger partial charge in [-0.05, 0) is 31.7 Å². The van der Waals surface area contributed by atoms with Crippen molar-refractivity contribution >= 4 is 23.7 Å². The molecule has 0 radical (unpaired) electrons. The van der Waals surface area contributed by atoms with Crippen molar-refractivity contribution in [3.8, 4) is 0 Å². The number of nitrogens with one attached hydrogen (secondary N) is 2. The predicted octanol–water partition coefficient (Wildman–Crippen LogP) is -1.95. The van der Waals surface area contributed by atoms with Gasteiger partial charge in [0.05, 0.1) is 12.1 Å². The average Bonchev–Trinajstić information content (AvgIpc) is 2.68. The summed E-state index contributed by atoms with van der Waals surface area (Å²) in [4.78, 5) is 40.1. The number of carboxylic acid groups (broad SMARTS) is 1. The molecule has 0 aliphatic carbocycles. The van der Waals surface area contributed by atoms with E-state index in [4.69, 9.17) is 22.3 Å². The summed E-state index contributed by atoms with van der Waals surface area (Å²) in [5, 5.41) is 23.5. The normalized spacial score (nSPS) is 14.6. The highest BCUT2D eigenvalue weighted by Crippen LogP contribution is 2.05. The molecule has 10 N–H and O–H groups in total. The summed E-state index contributed by atoms with van der Waals surface area (Å²) in [7, 11) is 0. The molecule has 1 rings (SSSR count). The molecule has 0 aliphatic heterocycles. The first-order valence-corrected chi connectivity index (χ1v) is 9.48. The Morgan fingerprint density at radius 3 is 2.27 bits per heavy atom. The average molecular weight is 422 g/mol. The molecule has 4 unspecified atom stereocenters. The van der Waals surface area contributed by atoms with Crippen LogP contribution in [0.2, 0.25) is 0 Å². The minimum absolute atomic E-state index is 0.107. The van der Waals surface area contributed by atoms with Gasteiger partial charge in [-0.2, -0.15) is 0 Å². The zero-order valence-corrected chi connectivity index (χ0v) is 16.8. The van der Waals surface area contributed by atoms with Gasteiger partial charge in [0.1, 0.15) is 6.04 Å². The fourth-order valence-corrected chi connectivity index (χ4v) is 2.65. The Labute approximate surface area is 174 Å². The van der Waals surface area contributed by atoms with E-state index in [1.807, 2.05) is 30.3 Å². The van der Waals surface area contributed by atoms with Gasteiger partial charge in [-0.1, -0.05) is 30.3 Å². The minimum Gasteiger partial charge on any atom is -0.480 e. The molecule has 11 heteroatoms. The van der Waals surface area contributed by atoms with Crippen molar-refractivity contribution in [2.24, 2.45) is 22.2 Å². The number of nitrogens with zero attached hydrogens (tertiary/aromatic N) is 1. The van der Waals surface area contributed by atoms with Gasteiger partial charge < -0.3 is 38.0 Å². The first kappa shape index (κ1) is 24.9. The monoisotopic (exact) mass is 422 g/mol. The maximum atomic E-state index is 12.6. The van der Waals surface area contributed by atoms with Crippen molar-refractivity contribution in [3.63, 3.8) is 0 Å². The number of aliphatic hydroxyl groups excluding tert-OH is 1. The van der Waals surface area contributed by atoms with Gasteiger partial charge in [0, 0.05) is 6.54 Å². The molecule has 0 spiro atoms. The molecule has 0 heterocycles. The molecule has 0 aliphatic rings. The van der Waals surface area contributed by atoms with Crippen LogP contribution in [-0.2, 0) is 20.8 Å². The molecule has 4 atom stereocenters. The Morgan fingerprint density at radius 1 is 1.10 bits per heavy atom. The van der Waals surface area contributed by atoms with Gasteiger partial charge in [0.25, 0.3) is 0 Å². The number of carboxylic acids is 1. The number of nitrogens with two attached hydrogens (primary N) is 3. The fourth-order valence-electron chi connectivity index (χ4n) is 2.65. The third-order valence-corrected chi connectivity index (χ3v) is 4.26. The van der Waals surface area contributed by atoms with E-state index in [-0.39, 0.29) is 25.3 Å². The summed E-state index contributed by atoms with van der Waals surface area (Å²) in [6.45, 7) is 1.46. The van der Waals surface area contributed by atoms with E-state index in [1.54, 1.807) is 0 Å². The van der Waals surface area contributed by atoms with Gasteiger partial charge >= 0.3 is 5.97 Å². The molecule has 1 aromatic carbocycles. The molecule has 0 aromatic heterocycles. The standard InChI is InChI=1S/C19H30N6O5/c1-11(26)15(18(29)30)25-17(28)14(8-5-9-23-19(21)22)24-16(27)13(20)10-12-6-3-2-4-7-12/h2-4,6-7,11,13-15,26H,5,8-10,20H2,1H3,(H,24,27)(H,25,28)(H,29,30)(H4,21,22,23). The highest BCUT2D eigenvalue weighted by atomic mass is 16.4. The number of amides is 2. The van der Waals surface area contributed by atoms with Crippen molar-refractivity contribution in [3.05, 3.63) is 35.9 Å². The molecule has 0 saturated heterocycles. The topological polar surface area (TPSA) is 206 Å². The largest absolute Gasteiger partial charge is 0.480 e. The molecular weight excluding hydrogens is 392 g/mol. The van der Waals surface area contributed by atoms with E-state index in [1.165, 1.54) is 6.92 Å². The van der Waals surface area contributed by atoms with E-state index in [9.17, 15) is 19.5 Å². The van der Waals surface area contributed by atoms with Gasteiger partial charge in [0.2, 0.25) is 11.8 Å². The van der Waals surface area contributed by atoms with Gasteiger partial charge in [-0.15, -0.1) is 0 Å². The highest BCUT2D eigenvalue weighted by Gasteiger charge is 2.30. The molecule has 1 aromatic rings. The maximum absolute atomic E-state index is 12.6. The van der Waals surface area contributed by atoms with E-state index in [0.717, 1.165) is 5.56 Å². The quantitative estimate of drug-likeness (QED) is 0.114. The Hall–Kier alpha value is -3.18. The van der Waals surface area contributed by atoms with Crippen molar-refractivity contribution in [1.82, 2.24) is 10.6 Å². The summed E-state index contributed by atoms with van der Waals surface area (Å²) in [6.07, 6.45) is -0.583. The number of carbonyl (C=O) groups excluding carboxylic acids is 2. The number of aliphatic hydroxyl groups is 1. The molecule has 2 amide bonds. The van der Waals surface area contributed by atoms with Crippen LogP contribution in [0.15, 0.2) is 35.3 Å². The van der Waals surface area contributed by atoms with Crippen LogP contribution in [0.4, 0.5) is 0 Å². The zero-order valence-electron chi connectivity index (χ0n) is 16.8. The predicted molar refractivity (Wildman–Crippen MR) is 111 cm³/mol. The molecule has 166 valence electrons. The smallest absolute Gasteiger partial charge is 0.328 e. The summed E-state index contributed by atoms with van der Waals surface area (Å²) >= 11 is 0. The van der Waals surface area contributed by atoms with Crippen LogP contribution in [0.1, 0.15) is 25.3 Å². The summed E-state index contributed by atoms with van der Waals surface area (Å²) in [5.74, 6) is -2.83. The van der Waals surface area contributed by atoms with E-state index < -0.39 is 42.0 Å². The van der Waals surface area contributed by atoms with Crippen LogP contribution in [0.5, 0.6) is 0 Å². The number of rotatable bonds is 12. The molecule has 0 saturated carbocycles. The number of aliphatic carboxylic acids is 1. The SMILES string of the molecule is CC(O)C(NC(=O)C(CCCN=C(N)N)NC(=O)C(N)Cc1ccccc1)C(=O)O. The van der Waals surface area contributed by atoms with Crippen LogP contribution in [0.25, 0.3) is 0 Å². The van der Waals surface area contributed by atoms with Gasteiger partial charge in [0.15, 0.2) is 12.0 Å². The third kappa shape index (κ3) is 8.88. The highest BCUT2D eigenvalue weighted by molar-refractivity contribution is 5.92.